The van der Waals surface area contributed by atoms with Crippen LogP contribution in [0.5, 0.6) is 0 Å². The summed E-state index contributed by atoms with van der Waals surface area (Å²) < 4.78 is 0. The molecule has 1 aromatic rings. The van der Waals surface area contributed by atoms with E-state index < -0.39 is 0 Å². The molecule has 0 atom stereocenters. The summed E-state index contributed by atoms with van der Waals surface area (Å²) in [6, 6.07) is 10.6. The molecular weight excluding hydrogens is 192 g/mol. The fourth-order valence-electron chi connectivity index (χ4n) is 1.64. The Hall–Kier alpha value is -1.26. The molecule has 0 N–H and O–H groups in total. The van der Waals surface area contributed by atoms with Crippen LogP contribution >= 0.6 is 0 Å². The Morgan fingerprint density at radius 3 is 2.69 bits per heavy atom. The Bertz CT molecular complexity index is 340. The third kappa shape index (κ3) is 5.58. The molecule has 0 spiro atoms. The third-order valence-corrected chi connectivity index (χ3v) is 2.67. The van der Waals surface area contributed by atoms with E-state index in [0.29, 0.717) is 0 Å². The Balaban J connectivity index is 2.32. The molecule has 0 aliphatic carbocycles. The summed E-state index contributed by atoms with van der Waals surface area (Å²) in [7, 11) is 0. The summed E-state index contributed by atoms with van der Waals surface area (Å²) in [6.07, 6.45) is 8.13. The molecule has 0 saturated carbocycles. The minimum atomic E-state index is 1.09. The summed E-state index contributed by atoms with van der Waals surface area (Å²) in [5, 5.41) is 0. The van der Waals surface area contributed by atoms with Crippen LogP contribution in [-0.2, 0) is 6.42 Å². The van der Waals surface area contributed by atoms with Crippen molar-refractivity contribution in [2.75, 3.05) is 0 Å². The fraction of sp³-hybridized carbons (Fsp3) is 0.438. The first kappa shape index (κ1) is 12.8. The van der Waals surface area contributed by atoms with Crippen LogP contribution < -0.4 is 0 Å². The first-order valence-corrected chi connectivity index (χ1v) is 6.27. The topological polar surface area (TPSA) is 0 Å². The van der Waals surface area contributed by atoms with Crippen molar-refractivity contribution in [1.82, 2.24) is 0 Å². The van der Waals surface area contributed by atoms with E-state index in [-0.39, 0.29) is 0 Å². The van der Waals surface area contributed by atoms with Crippen LogP contribution in [0.3, 0.4) is 0 Å². The molecule has 0 radical (unpaired) electrons. The smallest absolute Gasteiger partial charge is 0.0234 e. The highest BCUT2D eigenvalue weighted by atomic mass is 13.9. The van der Waals surface area contributed by atoms with Crippen LogP contribution in [0.4, 0.5) is 0 Å². The lowest BCUT2D eigenvalue weighted by Gasteiger charge is -1.96. The van der Waals surface area contributed by atoms with Gasteiger partial charge >= 0.3 is 0 Å². The molecule has 0 aliphatic rings. The van der Waals surface area contributed by atoms with E-state index in [2.05, 4.69) is 56.0 Å². The van der Waals surface area contributed by atoms with Crippen LogP contribution in [0, 0.1) is 0 Å². The molecule has 86 valence electrons. The van der Waals surface area contributed by atoms with Gasteiger partial charge in [-0.2, -0.15) is 0 Å². The van der Waals surface area contributed by atoms with Crippen LogP contribution in [0.25, 0.3) is 0 Å². The van der Waals surface area contributed by atoms with Crippen LogP contribution in [0.1, 0.15) is 45.1 Å². The maximum atomic E-state index is 3.38. The van der Waals surface area contributed by atoms with Gasteiger partial charge in [0.05, 0.1) is 0 Å². The lowest BCUT2D eigenvalue weighted by atomic mass is 10.1. The maximum Gasteiger partial charge on any atom is -0.0234 e. The summed E-state index contributed by atoms with van der Waals surface area (Å²) in [4.78, 5) is 0. The van der Waals surface area contributed by atoms with Gasteiger partial charge in [-0.05, 0) is 49.8 Å². The molecule has 0 aromatic heterocycles. The molecular formula is C16H22. The number of aryl methyl sites for hydroxylation is 1. The number of allylic oxidation sites excluding steroid dienone is 1. The van der Waals surface area contributed by atoms with Crippen molar-refractivity contribution in [3.05, 3.63) is 53.3 Å². The van der Waals surface area contributed by atoms with Crippen molar-refractivity contribution in [2.24, 2.45) is 0 Å². The van der Waals surface area contributed by atoms with E-state index in [0.717, 1.165) is 12.8 Å². The lowest BCUT2D eigenvalue weighted by molar-refractivity contribution is 0.788. The second-order valence-electron chi connectivity index (χ2n) is 4.26. The van der Waals surface area contributed by atoms with Gasteiger partial charge in [-0.15, -0.1) is 5.73 Å². The highest BCUT2D eigenvalue weighted by molar-refractivity contribution is 5.15. The molecule has 0 heteroatoms. The highest BCUT2D eigenvalue weighted by Gasteiger charge is 1.88. The minimum absolute atomic E-state index is 1.09. The number of hydrogen-bond donors (Lipinski definition) is 0. The molecule has 0 fully saturated rings. The molecule has 1 aromatic carbocycles. The van der Waals surface area contributed by atoms with Crippen molar-refractivity contribution in [3.8, 4) is 0 Å². The molecule has 16 heavy (non-hydrogen) atoms. The second kappa shape index (κ2) is 7.96. The van der Waals surface area contributed by atoms with Gasteiger partial charge in [0.15, 0.2) is 0 Å². The van der Waals surface area contributed by atoms with Gasteiger partial charge in [0, 0.05) is 0 Å². The van der Waals surface area contributed by atoms with Crippen LogP contribution in [0.15, 0.2) is 47.7 Å². The number of hydrogen-bond acceptors (Lipinski definition) is 0. The highest BCUT2D eigenvalue weighted by Crippen LogP contribution is 2.06. The Morgan fingerprint density at radius 1 is 1.25 bits per heavy atom. The van der Waals surface area contributed by atoms with E-state index in [4.69, 9.17) is 0 Å². The molecule has 0 saturated heterocycles. The average Bonchev–Trinajstić information content (AvgIpc) is 2.33. The minimum Gasteiger partial charge on any atom is -0.126 e. The number of rotatable bonds is 6. The number of benzene rings is 1. The largest absolute Gasteiger partial charge is 0.126 e. The molecule has 0 amide bonds. The first-order valence-electron chi connectivity index (χ1n) is 6.27. The van der Waals surface area contributed by atoms with Crippen LogP contribution in [-0.4, -0.2) is 0 Å². The molecule has 0 nitrogen and oxygen atoms in total. The Labute approximate surface area is 99.7 Å². The quantitative estimate of drug-likeness (QED) is 0.590. The van der Waals surface area contributed by atoms with Gasteiger partial charge in [-0.25, -0.2) is 0 Å². The number of unbranched alkanes of at least 4 members (excludes halogenated alkanes) is 1. The average molecular weight is 214 g/mol. The monoisotopic (exact) mass is 214 g/mol. The zero-order chi connectivity index (χ0) is 11.6. The van der Waals surface area contributed by atoms with E-state index in [1.165, 1.54) is 30.4 Å². The summed E-state index contributed by atoms with van der Waals surface area (Å²) in [5.41, 5.74) is 6.17. The fourth-order valence-corrected chi connectivity index (χ4v) is 1.64. The van der Waals surface area contributed by atoms with E-state index in [1.807, 2.05) is 0 Å². The SMILES string of the molecule is CCCCC(C)=C=CCCc1ccccc1. The summed E-state index contributed by atoms with van der Waals surface area (Å²) >= 11 is 0. The standard InChI is InChI=1S/C16H22/c1-3-4-10-15(2)11-8-9-14-16-12-6-5-7-13-16/h5-8,12-13H,3-4,9-10,14H2,1-2H3. The summed E-state index contributed by atoms with van der Waals surface area (Å²) in [5.74, 6) is 0. The van der Waals surface area contributed by atoms with Crippen molar-refractivity contribution in [3.63, 3.8) is 0 Å². The van der Waals surface area contributed by atoms with Gasteiger partial charge in [0.25, 0.3) is 0 Å². The van der Waals surface area contributed by atoms with E-state index in [9.17, 15) is 0 Å². The van der Waals surface area contributed by atoms with Gasteiger partial charge < -0.3 is 0 Å². The van der Waals surface area contributed by atoms with Crippen molar-refractivity contribution >= 4 is 0 Å². The summed E-state index contributed by atoms with van der Waals surface area (Å²) in [6.45, 7) is 4.40. The lowest BCUT2D eigenvalue weighted by Crippen LogP contribution is -1.81. The van der Waals surface area contributed by atoms with Crippen molar-refractivity contribution in [1.29, 1.82) is 0 Å². The van der Waals surface area contributed by atoms with Crippen LogP contribution in [0.2, 0.25) is 0 Å². The zero-order valence-corrected chi connectivity index (χ0v) is 10.5. The second-order valence-corrected chi connectivity index (χ2v) is 4.26. The zero-order valence-electron chi connectivity index (χ0n) is 10.5. The first-order chi connectivity index (χ1) is 7.83. The molecule has 1 rings (SSSR count). The molecule has 0 aliphatic heterocycles. The van der Waals surface area contributed by atoms with Gasteiger partial charge in [-0.1, -0.05) is 43.7 Å². The normalized spacial score (nSPS) is 9.62. The van der Waals surface area contributed by atoms with Gasteiger partial charge in [-0.3, -0.25) is 0 Å². The third-order valence-electron chi connectivity index (χ3n) is 2.67. The Morgan fingerprint density at radius 2 is 2.00 bits per heavy atom. The molecule has 0 unspecified atom stereocenters. The van der Waals surface area contributed by atoms with E-state index in [1.54, 1.807) is 0 Å². The van der Waals surface area contributed by atoms with Crippen molar-refractivity contribution in [2.45, 2.75) is 46.0 Å². The van der Waals surface area contributed by atoms with Gasteiger partial charge in [0.2, 0.25) is 0 Å². The maximum absolute atomic E-state index is 3.38. The van der Waals surface area contributed by atoms with Crippen molar-refractivity contribution < 1.29 is 0 Å². The Kier molecular flexibility index (Phi) is 6.37. The predicted molar refractivity (Wildman–Crippen MR) is 71.6 cm³/mol. The van der Waals surface area contributed by atoms with Gasteiger partial charge in [0.1, 0.15) is 0 Å². The predicted octanol–water partition coefficient (Wildman–Crippen LogP) is 4.91. The molecule has 0 heterocycles. The van der Waals surface area contributed by atoms with E-state index >= 15 is 0 Å². The molecule has 0 bridgehead atoms.